The van der Waals surface area contributed by atoms with Gasteiger partial charge < -0.3 is 10.6 Å². The second-order valence-corrected chi connectivity index (χ2v) is 10.2. The van der Waals surface area contributed by atoms with Gasteiger partial charge in [0, 0.05) is 35.2 Å². The van der Waals surface area contributed by atoms with Gasteiger partial charge in [-0.25, -0.2) is 8.42 Å². The number of amides is 1. The van der Waals surface area contributed by atoms with Crippen LogP contribution in [0.1, 0.15) is 15.9 Å². The summed E-state index contributed by atoms with van der Waals surface area (Å²) in [7, 11) is -3.58. The monoisotopic (exact) mass is 496 g/mol. The summed E-state index contributed by atoms with van der Waals surface area (Å²) in [5.74, 6) is -0.332. The first kappa shape index (κ1) is 24.8. The number of carbonyl (C=O) groups excluding carboxylic acids is 1. The predicted molar refractivity (Wildman–Crippen MR) is 129 cm³/mol. The van der Waals surface area contributed by atoms with Crippen molar-refractivity contribution < 1.29 is 18.1 Å². The van der Waals surface area contributed by atoms with Crippen LogP contribution in [0.4, 0.5) is 11.4 Å². The minimum Gasteiger partial charge on any atom is -0.378 e. The molecule has 0 saturated heterocycles. The number of anilines is 1. The van der Waals surface area contributed by atoms with E-state index in [4.69, 9.17) is 0 Å². The molecule has 0 fully saturated rings. The Labute approximate surface area is 200 Å². The zero-order chi connectivity index (χ0) is 24.7. The predicted octanol–water partition coefficient (Wildman–Crippen LogP) is 3.86. The average Bonchev–Trinajstić information content (AvgIpc) is 2.81. The normalized spacial score (nSPS) is 10.8. The van der Waals surface area contributed by atoms with Crippen LogP contribution in [0.5, 0.6) is 0 Å². The lowest BCUT2D eigenvalue weighted by molar-refractivity contribution is -0.384. The SMILES string of the molecule is CS(=O)(=O)c1ccc(NCCNC(=O)c2ccccc2Sc2ccccc2C#N)c([N+](=O)[O-])c1. The van der Waals surface area contributed by atoms with Gasteiger partial charge in [0.25, 0.3) is 11.6 Å². The second kappa shape index (κ2) is 10.8. The molecule has 0 unspecified atom stereocenters. The molecule has 174 valence electrons. The lowest BCUT2D eigenvalue weighted by Crippen LogP contribution is -2.29. The number of carbonyl (C=O) groups is 1. The maximum atomic E-state index is 12.8. The number of nitrogens with one attached hydrogen (secondary N) is 2. The standard InChI is InChI=1S/C23H20N4O5S2/c1-34(31,32)17-10-11-19(20(14-17)27(29)30)25-12-13-26-23(28)18-7-3-5-9-22(18)33-21-8-4-2-6-16(21)15-24/h2-11,14,25H,12-13H2,1H3,(H,26,28). The molecule has 0 atom stereocenters. The van der Waals surface area contributed by atoms with Gasteiger partial charge in [-0.3, -0.25) is 14.9 Å². The van der Waals surface area contributed by atoms with E-state index in [1.807, 2.05) is 12.1 Å². The minimum atomic E-state index is -3.58. The van der Waals surface area contributed by atoms with Gasteiger partial charge in [0.05, 0.1) is 20.9 Å². The van der Waals surface area contributed by atoms with Crippen molar-refractivity contribution in [1.82, 2.24) is 5.32 Å². The Kier molecular flexibility index (Phi) is 7.88. The van der Waals surface area contributed by atoms with Crippen molar-refractivity contribution in [3.05, 3.63) is 88.0 Å². The molecule has 0 aromatic heterocycles. The molecule has 0 aliphatic carbocycles. The summed E-state index contributed by atoms with van der Waals surface area (Å²) in [4.78, 5) is 24.7. The van der Waals surface area contributed by atoms with E-state index in [0.29, 0.717) is 16.0 Å². The third kappa shape index (κ3) is 6.12. The Bertz CT molecular complexity index is 1380. The molecule has 0 bridgehead atoms. The molecule has 11 heteroatoms. The van der Waals surface area contributed by atoms with Crippen molar-refractivity contribution >= 4 is 38.9 Å². The quantitative estimate of drug-likeness (QED) is 0.258. The van der Waals surface area contributed by atoms with Gasteiger partial charge in [-0.1, -0.05) is 36.0 Å². The molecule has 0 spiro atoms. The van der Waals surface area contributed by atoms with Gasteiger partial charge in [0.1, 0.15) is 11.8 Å². The summed E-state index contributed by atoms with van der Waals surface area (Å²) in [6.45, 7) is 0.342. The molecule has 3 rings (SSSR count). The molecule has 0 aliphatic heterocycles. The Morgan fingerprint density at radius 2 is 1.74 bits per heavy atom. The van der Waals surface area contributed by atoms with Crippen molar-refractivity contribution in [3.63, 3.8) is 0 Å². The fraction of sp³-hybridized carbons (Fsp3) is 0.130. The summed E-state index contributed by atoms with van der Waals surface area (Å²) >= 11 is 1.32. The summed E-state index contributed by atoms with van der Waals surface area (Å²) in [5.41, 5.74) is 0.724. The van der Waals surface area contributed by atoms with Gasteiger partial charge in [-0.05, 0) is 36.4 Å². The highest BCUT2D eigenvalue weighted by atomic mass is 32.2. The van der Waals surface area contributed by atoms with Gasteiger partial charge in [0.15, 0.2) is 9.84 Å². The van der Waals surface area contributed by atoms with Crippen LogP contribution < -0.4 is 10.6 Å². The highest BCUT2D eigenvalue weighted by Crippen LogP contribution is 2.32. The number of rotatable bonds is 9. The van der Waals surface area contributed by atoms with Gasteiger partial charge in [-0.2, -0.15) is 5.26 Å². The van der Waals surface area contributed by atoms with Crippen LogP contribution in [0.25, 0.3) is 0 Å². The number of nitriles is 1. The molecule has 3 aromatic carbocycles. The van der Waals surface area contributed by atoms with Gasteiger partial charge in [-0.15, -0.1) is 0 Å². The van der Waals surface area contributed by atoms with Crippen molar-refractivity contribution in [3.8, 4) is 6.07 Å². The molecular formula is C23H20N4O5S2. The molecule has 1 amide bonds. The van der Waals surface area contributed by atoms with Crippen molar-refractivity contribution in [2.45, 2.75) is 14.7 Å². The first-order chi connectivity index (χ1) is 16.2. The number of nitro groups is 1. The van der Waals surface area contributed by atoms with Gasteiger partial charge in [0.2, 0.25) is 0 Å². The van der Waals surface area contributed by atoms with E-state index in [1.165, 1.54) is 23.9 Å². The lowest BCUT2D eigenvalue weighted by atomic mass is 10.2. The smallest absolute Gasteiger partial charge is 0.293 e. The Hall–Kier alpha value is -3.88. The van der Waals surface area contributed by atoms with E-state index in [9.17, 15) is 28.6 Å². The number of sulfone groups is 1. The fourth-order valence-electron chi connectivity index (χ4n) is 3.02. The number of hydrogen-bond donors (Lipinski definition) is 2. The second-order valence-electron chi connectivity index (χ2n) is 7.10. The fourth-order valence-corrected chi connectivity index (χ4v) is 4.69. The molecule has 0 aliphatic rings. The highest BCUT2D eigenvalue weighted by molar-refractivity contribution is 7.99. The van der Waals surface area contributed by atoms with Crippen molar-refractivity contribution in [2.75, 3.05) is 24.7 Å². The van der Waals surface area contributed by atoms with Crippen LogP contribution in [0.3, 0.4) is 0 Å². The zero-order valence-corrected chi connectivity index (χ0v) is 19.7. The molecule has 34 heavy (non-hydrogen) atoms. The molecular weight excluding hydrogens is 476 g/mol. The van der Waals surface area contributed by atoms with Gasteiger partial charge >= 0.3 is 0 Å². The molecule has 0 heterocycles. The summed E-state index contributed by atoms with van der Waals surface area (Å²) in [6.07, 6.45) is 0.976. The van der Waals surface area contributed by atoms with Crippen LogP contribution in [0, 0.1) is 21.4 Å². The third-order valence-electron chi connectivity index (χ3n) is 4.68. The van der Waals surface area contributed by atoms with Crippen LogP contribution in [-0.2, 0) is 9.84 Å². The molecule has 9 nitrogen and oxygen atoms in total. The lowest BCUT2D eigenvalue weighted by Gasteiger charge is -2.12. The topological polar surface area (TPSA) is 142 Å². The number of nitro benzene ring substituents is 1. The third-order valence-corrected chi connectivity index (χ3v) is 6.94. The van der Waals surface area contributed by atoms with Crippen LogP contribution in [0.15, 0.2) is 81.4 Å². The first-order valence-corrected chi connectivity index (χ1v) is 12.7. The molecule has 2 N–H and O–H groups in total. The zero-order valence-electron chi connectivity index (χ0n) is 18.0. The average molecular weight is 497 g/mol. The molecule has 0 radical (unpaired) electrons. The van der Waals surface area contributed by atoms with Crippen LogP contribution in [-0.4, -0.2) is 38.6 Å². The Morgan fingerprint density at radius 1 is 1.06 bits per heavy atom. The maximum Gasteiger partial charge on any atom is 0.293 e. The Morgan fingerprint density at radius 3 is 2.41 bits per heavy atom. The van der Waals surface area contributed by atoms with E-state index < -0.39 is 14.8 Å². The number of hydrogen-bond acceptors (Lipinski definition) is 8. The maximum absolute atomic E-state index is 12.8. The summed E-state index contributed by atoms with van der Waals surface area (Å²) in [6, 6.07) is 19.9. The van der Waals surface area contributed by atoms with Crippen molar-refractivity contribution in [2.24, 2.45) is 0 Å². The van der Waals surface area contributed by atoms with Crippen LogP contribution >= 0.6 is 11.8 Å². The summed E-state index contributed by atoms with van der Waals surface area (Å²) < 4.78 is 23.3. The van der Waals surface area contributed by atoms with E-state index in [1.54, 1.807) is 36.4 Å². The molecule has 3 aromatic rings. The minimum absolute atomic E-state index is 0.148. The van der Waals surface area contributed by atoms with Crippen molar-refractivity contribution in [1.29, 1.82) is 5.26 Å². The largest absolute Gasteiger partial charge is 0.378 e. The van der Waals surface area contributed by atoms with Crippen LogP contribution in [0.2, 0.25) is 0 Å². The van der Waals surface area contributed by atoms with E-state index >= 15 is 0 Å². The Balaban J connectivity index is 1.66. The number of benzene rings is 3. The first-order valence-electron chi connectivity index (χ1n) is 9.97. The molecule has 0 saturated carbocycles. The highest BCUT2D eigenvalue weighted by Gasteiger charge is 2.19. The number of nitrogens with zero attached hydrogens (tertiary/aromatic N) is 2. The van der Waals surface area contributed by atoms with E-state index in [-0.39, 0.29) is 35.3 Å². The van der Waals surface area contributed by atoms with E-state index in [2.05, 4.69) is 16.7 Å². The summed E-state index contributed by atoms with van der Waals surface area (Å²) in [5, 5.41) is 26.3. The van der Waals surface area contributed by atoms with E-state index in [0.717, 1.165) is 17.2 Å².